The Balaban J connectivity index is 1.71. The van der Waals surface area contributed by atoms with Gasteiger partial charge >= 0.3 is 18.6 Å². The number of aromatic nitrogens is 1. The van der Waals surface area contributed by atoms with Crippen molar-refractivity contribution in [1.29, 1.82) is 0 Å². The summed E-state index contributed by atoms with van der Waals surface area (Å²) in [4.78, 5) is 40.4. The molecule has 2 aromatic rings. The molecule has 3 aliphatic rings. The van der Waals surface area contributed by atoms with Gasteiger partial charge in [-0.15, -0.1) is 11.3 Å². The zero-order chi connectivity index (χ0) is 28.6. The minimum absolute atomic E-state index is 0.0420. The molecule has 1 aromatic heterocycles. The van der Waals surface area contributed by atoms with Crippen LogP contribution in [-0.2, 0) is 14.3 Å². The second kappa shape index (κ2) is 10.9. The molecule has 2 N–H and O–H groups in total. The van der Waals surface area contributed by atoms with Crippen LogP contribution in [0.25, 0.3) is 0 Å². The van der Waals surface area contributed by atoms with Crippen molar-refractivity contribution in [2.45, 2.75) is 24.6 Å². The number of aliphatic imine (C=N–C) groups is 2. The fourth-order valence-electron chi connectivity index (χ4n) is 5.01. The molecule has 210 valence electrons. The van der Waals surface area contributed by atoms with Gasteiger partial charge in [-0.25, -0.2) is 19.2 Å². The molecule has 0 bridgehead atoms. The first-order chi connectivity index (χ1) is 19.1. The van der Waals surface area contributed by atoms with Gasteiger partial charge in [0, 0.05) is 51.8 Å². The van der Waals surface area contributed by atoms with Crippen LogP contribution in [0.3, 0.4) is 0 Å². The van der Waals surface area contributed by atoms with Crippen LogP contribution in [0.15, 0.2) is 62.8 Å². The normalized spacial score (nSPS) is 22.9. The molecule has 10 nitrogen and oxygen atoms in total. The summed E-state index contributed by atoms with van der Waals surface area (Å²) >= 11 is 7.78. The van der Waals surface area contributed by atoms with Gasteiger partial charge in [0.15, 0.2) is 10.8 Å². The molecule has 0 radical (unpaired) electrons. The van der Waals surface area contributed by atoms with Gasteiger partial charge in [0.05, 0.1) is 13.7 Å². The number of amides is 1. The Hall–Kier alpha value is -3.91. The highest BCUT2D eigenvalue weighted by Crippen LogP contribution is 2.48. The van der Waals surface area contributed by atoms with E-state index in [2.05, 4.69) is 9.98 Å². The molecule has 0 aliphatic carbocycles. The number of fused-ring (bicyclic) bond motifs is 1. The summed E-state index contributed by atoms with van der Waals surface area (Å²) in [5, 5.41) is 2.39. The number of nitrogens with zero attached hydrogens (tertiary/aromatic N) is 5. The fraction of sp³-hybridized carbons (Fsp3) is 0.320. The Bertz CT molecular complexity index is 1460. The van der Waals surface area contributed by atoms with Crippen molar-refractivity contribution in [2.75, 3.05) is 26.8 Å². The van der Waals surface area contributed by atoms with Crippen molar-refractivity contribution in [2.24, 2.45) is 15.7 Å². The van der Waals surface area contributed by atoms with E-state index >= 15 is 0 Å². The van der Waals surface area contributed by atoms with Gasteiger partial charge in [-0.3, -0.25) is 14.7 Å². The first kappa shape index (κ1) is 27.6. The maximum absolute atomic E-state index is 14.0. The molecule has 40 heavy (non-hydrogen) atoms. The molecule has 1 amide bonds. The Kier molecular flexibility index (Phi) is 7.55. The largest absolute Gasteiger partial charge is 0.468 e. The number of amidine groups is 1. The van der Waals surface area contributed by atoms with E-state index in [0.29, 0.717) is 27.7 Å². The molecule has 3 aliphatic heterocycles. The van der Waals surface area contributed by atoms with Gasteiger partial charge in [0.25, 0.3) is 0 Å². The number of methoxy groups -OCH3 is 1. The lowest BCUT2D eigenvalue weighted by Crippen LogP contribution is -2.51. The number of allylic oxidation sites excluding steroid dienone is 1. The molecular formula is C25H22ClF3N6O4S. The summed E-state index contributed by atoms with van der Waals surface area (Å²) < 4.78 is 49.6. The lowest BCUT2D eigenvalue weighted by molar-refractivity contribution is -0.142. The van der Waals surface area contributed by atoms with Crippen LogP contribution in [0.4, 0.5) is 18.0 Å². The van der Waals surface area contributed by atoms with Crippen molar-refractivity contribution in [3.63, 3.8) is 0 Å². The van der Waals surface area contributed by atoms with Crippen molar-refractivity contribution in [3.05, 3.63) is 74.2 Å². The Labute approximate surface area is 235 Å². The van der Waals surface area contributed by atoms with E-state index in [1.807, 2.05) is 4.90 Å². The fourth-order valence-corrected chi connectivity index (χ4v) is 5.93. The first-order valence-corrected chi connectivity index (χ1v) is 13.1. The number of hydrogen-bond donors (Lipinski definition) is 1. The maximum Gasteiger partial charge on any atom is 0.411 e. The summed E-state index contributed by atoms with van der Waals surface area (Å²) in [5.74, 6) is -0.760. The average molecular weight is 595 g/mol. The molecule has 1 aromatic carbocycles. The van der Waals surface area contributed by atoms with E-state index in [1.54, 1.807) is 11.6 Å². The van der Waals surface area contributed by atoms with Crippen LogP contribution in [0.5, 0.6) is 0 Å². The van der Waals surface area contributed by atoms with Crippen molar-refractivity contribution >= 4 is 47.1 Å². The van der Waals surface area contributed by atoms with Gasteiger partial charge in [-0.05, 0) is 18.2 Å². The lowest BCUT2D eigenvalue weighted by Gasteiger charge is -2.33. The van der Waals surface area contributed by atoms with Crippen LogP contribution in [-0.4, -0.2) is 77.8 Å². The van der Waals surface area contributed by atoms with Gasteiger partial charge in [0.2, 0.25) is 0 Å². The molecule has 15 heteroatoms. The molecule has 2 atom stereocenters. The number of esters is 1. The predicted octanol–water partition coefficient (Wildman–Crippen LogP) is 3.90. The number of alkyl halides is 2. The van der Waals surface area contributed by atoms with Crippen LogP contribution in [0, 0.1) is 5.82 Å². The number of ether oxygens (including phenoxy) is 2. The minimum atomic E-state index is -2.94. The quantitative estimate of drug-likeness (QED) is 0.293. The second-order valence-corrected chi connectivity index (χ2v) is 10.4. The lowest BCUT2D eigenvalue weighted by atomic mass is 9.90. The number of thiazole rings is 1. The maximum atomic E-state index is 14.0. The molecule has 0 saturated carbocycles. The molecule has 1 spiro atoms. The highest BCUT2D eigenvalue weighted by atomic mass is 35.5. The number of carbonyl (C=O) groups excluding carboxylic acids is 2. The summed E-state index contributed by atoms with van der Waals surface area (Å²) in [6.45, 7) is -3.17. The highest BCUT2D eigenvalue weighted by Gasteiger charge is 2.56. The molecule has 4 heterocycles. The monoisotopic (exact) mass is 594 g/mol. The zero-order valence-electron chi connectivity index (χ0n) is 20.9. The average Bonchev–Trinajstić information content (AvgIpc) is 3.64. The molecule has 0 unspecified atom stereocenters. The third-order valence-electron chi connectivity index (χ3n) is 6.78. The molecule has 5 rings (SSSR count). The highest BCUT2D eigenvalue weighted by molar-refractivity contribution is 7.11. The Morgan fingerprint density at radius 3 is 2.92 bits per heavy atom. The van der Waals surface area contributed by atoms with Gasteiger partial charge in [0.1, 0.15) is 30.5 Å². The smallest absolute Gasteiger partial charge is 0.411 e. The number of nitrogens with two attached hydrogens (primary N) is 1. The number of benzene rings is 1. The summed E-state index contributed by atoms with van der Waals surface area (Å²) in [6.07, 6.45) is 3.18. The number of carbonyl (C=O) groups is 2. The number of halogens is 4. The molecule has 2 fully saturated rings. The van der Waals surface area contributed by atoms with Crippen LogP contribution in [0.2, 0.25) is 5.02 Å². The number of cyclic esters (lactones) is 1. The summed E-state index contributed by atoms with van der Waals surface area (Å²) in [7, 11) is 1.21. The SMILES string of the molecule is COC(=O)CN1C(=O)OC[C@@]12CC1=C(C(N)=CC=NC(F)F)[C@H](c3ccc(F)cc3Cl)N=C(c3nccs3)N1C2. The van der Waals surface area contributed by atoms with Crippen LogP contribution >= 0.6 is 22.9 Å². The van der Waals surface area contributed by atoms with E-state index in [9.17, 15) is 22.8 Å². The van der Waals surface area contributed by atoms with E-state index in [1.165, 1.54) is 41.6 Å². The summed E-state index contributed by atoms with van der Waals surface area (Å²) in [5.41, 5.74) is 6.90. The van der Waals surface area contributed by atoms with Crippen molar-refractivity contribution < 1.29 is 32.2 Å². The third kappa shape index (κ3) is 5.04. The van der Waals surface area contributed by atoms with Crippen LogP contribution in [0.1, 0.15) is 23.0 Å². The molecule has 2 saturated heterocycles. The van der Waals surface area contributed by atoms with Gasteiger partial charge in [-0.2, -0.15) is 8.78 Å². The van der Waals surface area contributed by atoms with E-state index < -0.39 is 36.0 Å². The van der Waals surface area contributed by atoms with Crippen molar-refractivity contribution in [3.8, 4) is 0 Å². The second-order valence-electron chi connectivity index (χ2n) is 9.12. The van der Waals surface area contributed by atoms with Crippen LogP contribution < -0.4 is 5.73 Å². The molecular weight excluding hydrogens is 573 g/mol. The minimum Gasteiger partial charge on any atom is -0.468 e. The van der Waals surface area contributed by atoms with Crippen molar-refractivity contribution in [1.82, 2.24) is 14.8 Å². The van der Waals surface area contributed by atoms with Gasteiger partial charge < -0.3 is 20.1 Å². The van der Waals surface area contributed by atoms with Gasteiger partial charge in [-0.1, -0.05) is 17.7 Å². The third-order valence-corrected chi connectivity index (χ3v) is 7.88. The number of hydrogen-bond acceptors (Lipinski definition) is 10. The predicted molar refractivity (Wildman–Crippen MR) is 141 cm³/mol. The van der Waals surface area contributed by atoms with E-state index in [0.717, 1.165) is 12.3 Å². The zero-order valence-corrected chi connectivity index (χ0v) is 22.5. The van der Waals surface area contributed by atoms with E-state index in [4.69, 9.17) is 31.8 Å². The Morgan fingerprint density at radius 1 is 1.45 bits per heavy atom. The summed E-state index contributed by atoms with van der Waals surface area (Å²) in [6, 6.07) is 2.94. The Morgan fingerprint density at radius 2 is 2.25 bits per heavy atom. The van der Waals surface area contributed by atoms with E-state index in [-0.39, 0.29) is 36.8 Å². The number of rotatable bonds is 7. The first-order valence-electron chi connectivity index (χ1n) is 11.9. The standard InChI is InChI=1S/C25H22ClF3N6O4S/c1-38-18(36)10-35-24(37)39-12-25(35)9-17-19(16(30)4-5-32-23(28)29)20(14-3-2-13(27)8-15(14)26)33-21(34(17)11-25)22-31-6-7-40-22/h2-8,20,23H,9-12,30H2,1H3/t20-,25-/m0/s1. The topological polar surface area (TPSA) is 123 Å².